The number of benzene rings is 2. The Hall–Kier alpha value is -2.29. The second-order valence-corrected chi connectivity index (χ2v) is 7.86. The Labute approximate surface area is 156 Å². The van der Waals surface area contributed by atoms with E-state index in [1.807, 2.05) is 0 Å². The van der Waals surface area contributed by atoms with Crippen LogP contribution in [-0.2, 0) is 21.4 Å². The van der Waals surface area contributed by atoms with E-state index < -0.39 is 22.0 Å². The molecular formula is C17H17ClN2O5S. The fourth-order valence-corrected chi connectivity index (χ4v) is 3.89. The Bertz CT molecular complexity index is 933. The molecule has 0 spiro atoms. The van der Waals surface area contributed by atoms with E-state index in [1.165, 1.54) is 25.1 Å². The van der Waals surface area contributed by atoms with Crippen molar-refractivity contribution in [3.63, 3.8) is 0 Å². The van der Waals surface area contributed by atoms with Gasteiger partial charge in [-0.3, -0.25) is 4.79 Å². The first kappa shape index (κ1) is 18.5. The van der Waals surface area contributed by atoms with Gasteiger partial charge in [0, 0.05) is 11.6 Å². The van der Waals surface area contributed by atoms with Gasteiger partial charge in [0.2, 0.25) is 22.7 Å². The van der Waals surface area contributed by atoms with E-state index in [9.17, 15) is 13.2 Å². The molecule has 9 heteroatoms. The first-order chi connectivity index (χ1) is 12.3. The lowest BCUT2D eigenvalue weighted by atomic mass is 10.2. The van der Waals surface area contributed by atoms with E-state index in [0.29, 0.717) is 16.5 Å². The Kier molecular flexibility index (Phi) is 5.36. The summed E-state index contributed by atoms with van der Waals surface area (Å²) < 4.78 is 37.5. The number of carbonyl (C=O) groups excluding carboxylic acids is 1. The van der Waals surface area contributed by atoms with Crippen molar-refractivity contribution in [1.29, 1.82) is 0 Å². The minimum Gasteiger partial charge on any atom is -0.454 e. The molecule has 1 heterocycles. The second-order valence-electron chi connectivity index (χ2n) is 5.71. The van der Waals surface area contributed by atoms with Crippen LogP contribution in [0.25, 0.3) is 0 Å². The molecule has 2 aromatic rings. The zero-order valence-electron chi connectivity index (χ0n) is 13.9. The first-order valence-electron chi connectivity index (χ1n) is 7.79. The number of fused-ring (bicyclic) bond motifs is 1. The van der Waals surface area contributed by atoms with Crippen LogP contribution in [0, 0.1) is 0 Å². The average Bonchev–Trinajstić information content (AvgIpc) is 3.07. The van der Waals surface area contributed by atoms with Crippen molar-refractivity contribution in [2.75, 3.05) is 6.79 Å². The van der Waals surface area contributed by atoms with Crippen molar-refractivity contribution in [2.45, 2.75) is 24.4 Å². The molecular weight excluding hydrogens is 380 g/mol. The van der Waals surface area contributed by atoms with E-state index in [-0.39, 0.29) is 18.2 Å². The van der Waals surface area contributed by atoms with Gasteiger partial charge >= 0.3 is 0 Å². The van der Waals surface area contributed by atoms with Crippen LogP contribution in [0.15, 0.2) is 47.4 Å². The monoisotopic (exact) mass is 396 g/mol. The number of halogens is 1. The van der Waals surface area contributed by atoms with Gasteiger partial charge in [0.05, 0.1) is 10.9 Å². The van der Waals surface area contributed by atoms with Gasteiger partial charge in [-0.15, -0.1) is 0 Å². The maximum Gasteiger partial charge on any atom is 0.241 e. The fourth-order valence-electron chi connectivity index (χ4n) is 2.38. The Morgan fingerprint density at radius 3 is 2.73 bits per heavy atom. The summed E-state index contributed by atoms with van der Waals surface area (Å²) in [5.41, 5.74) is 0.812. The maximum atomic E-state index is 12.3. The number of nitrogens with one attached hydrogen (secondary N) is 2. The van der Waals surface area contributed by atoms with Gasteiger partial charge in [-0.05, 0) is 42.8 Å². The van der Waals surface area contributed by atoms with Crippen molar-refractivity contribution in [2.24, 2.45) is 0 Å². The van der Waals surface area contributed by atoms with Crippen LogP contribution in [0.2, 0.25) is 5.02 Å². The van der Waals surface area contributed by atoms with Crippen molar-refractivity contribution in [1.82, 2.24) is 10.0 Å². The van der Waals surface area contributed by atoms with E-state index in [1.54, 1.807) is 24.3 Å². The summed E-state index contributed by atoms with van der Waals surface area (Å²) in [4.78, 5) is 12.2. The van der Waals surface area contributed by atoms with Gasteiger partial charge < -0.3 is 14.8 Å². The normalized spacial score (nSPS) is 14.1. The summed E-state index contributed by atoms with van der Waals surface area (Å²) in [5.74, 6) is 0.822. The van der Waals surface area contributed by atoms with Crippen molar-refractivity contribution in [3.8, 4) is 11.5 Å². The molecule has 0 saturated heterocycles. The number of sulfonamides is 1. The van der Waals surface area contributed by atoms with Gasteiger partial charge in [-0.25, -0.2) is 8.42 Å². The van der Waals surface area contributed by atoms with Crippen LogP contribution < -0.4 is 19.5 Å². The Morgan fingerprint density at radius 2 is 1.96 bits per heavy atom. The lowest BCUT2D eigenvalue weighted by Gasteiger charge is -2.15. The summed E-state index contributed by atoms with van der Waals surface area (Å²) >= 11 is 5.82. The van der Waals surface area contributed by atoms with Crippen LogP contribution in [0.4, 0.5) is 0 Å². The molecule has 0 aliphatic carbocycles. The molecule has 2 N–H and O–H groups in total. The third kappa shape index (κ3) is 4.27. The third-order valence-corrected chi connectivity index (χ3v) is 5.51. The van der Waals surface area contributed by atoms with E-state index in [2.05, 4.69) is 10.0 Å². The predicted octanol–water partition coefficient (Wildman–Crippen LogP) is 2.05. The summed E-state index contributed by atoms with van der Waals surface area (Å²) in [6.07, 6.45) is 0. The molecule has 138 valence electrons. The van der Waals surface area contributed by atoms with E-state index >= 15 is 0 Å². The molecule has 1 amide bonds. The highest BCUT2D eigenvalue weighted by Gasteiger charge is 2.22. The maximum absolute atomic E-state index is 12.3. The minimum absolute atomic E-state index is 0.000390. The molecule has 3 rings (SSSR count). The molecule has 0 fully saturated rings. The molecule has 7 nitrogen and oxygen atoms in total. The minimum atomic E-state index is -3.85. The smallest absolute Gasteiger partial charge is 0.241 e. The quantitative estimate of drug-likeness (QED) is 0.779. The highest BCUT2D eigenvalue weighted by atomic mass is 35.5. The fraction of sp³-hybridized carbons (Fsp3) is 0.235. The molecule has 2 aromatic carbocycles. The SMILES string of the molecule is C[C@H](NS(=O)(=O)c1cccc(Cl)c1)C(=O)NCc1ccc2c(c1)OCO2. The molecule has 0 unspecified atom stereocenters. The summed E-state index contributed by atoms with van der Waals surface area (Å²) in [6, 6.07) is 10.2. The number of hydrogen-bond acceptors (Lipinski definition) is 5. The Balaban J connectivity index is 1.59. The van der Waals surface area contributed by atoms with Gasteiger partial charge in [0.15, 0.2) is 11.5 Å². The first-order valence-corrected chi connectivity index (χ1v) is 9.65. The highest BCUT2D eigenvalue weighted by Crippen LogP contribution is 2.32. The van der Waals surface area contributed by atoms with Gasteiger partial charge in [0.1, 0.15) is 0 Å². The molecule has 26 heavy (non-hydrogen) atoms. The van der Waals surface area contributed by atoms with Crippen molar-refractivity contribution >= 4 is 27.5 Å². The predicted molar refractivity (Wildman–Crippen MR) is 95.6 cm³/mol. The topological polar surface area (TPSA) is 93.7 Å². The molecule has 1 aliphatic rings. The van der Waals surface area contributed by atoms with Crippen LogP contribution >= 0.6 is 11.6 Å². The Morgan fingerprint density at radius 1 is 1.19 bits per heavy atom. The molecule has 0 bridgehead atoms. The number of rotatable bonds is 6. The molecule has 0 saturated carbocycles. The third-order valence-electron chi connectivity index (χ3n) is 3.74. The van der Waals surface area contributed by atoms with Gasteiger partial charge in [-0.1, -0.05) is 23.7 Å². The van der Waals surface area contributed by atoms with Crippen LogP contribution in [-0.4, -0.2) is 27.2 Å². The zero-order valence-corrected chi connectivity index (χ0v) is 15.4. The van der Waals surface area contributed by atoms with Crippen LogP contribution in [0.3, 0.4) is 0 Å². The average molecular weight is 397 g/mol. The molecule has 0 aromatic heterocycles. The van der Waals surface area contributed by atoms with Crippen molar-refractivity contribution < 1.29 is 22.7 Å². The summed E-state index contributed by atoms with van der Waals surface area (Å²) in [5, 5.41) is 2.99. The summed E-state index contributed by atoms with van der Waals surface area (Å²) in [6.45, 7) is 1.88. The lowest BCUT2D eigenvalue weighted by Crippen LogP contribution is -2.44. The van der Waals surface area contributed by atoms with E-state index in [0.717, 1.165) is 5.56 Å². The molecule has 1 aliphatic heterocycles. The summed E-state index contributed by atoms with van der Waals surface area (Å²) in [7, 11) is -3.85. The van der Waals surface area contributed by atoms with Crippen molar-refractivity contribution in [3.05, 3.63) is 53.1 Å². The van der Waals surface area contributed by atoms with Gasteiger partial charge in [-0.2, -0.15) is 4.72 Å². The molecule has 0 radical (unpaired) electrons. The number of ether oxygens (including phenoxy) is 2. The lowest BCUT2D eigenvalue weighted by molar-refractivity contribution is -0.122. The number of hydrogen-bond donors (Lipinski definition) is 2. The van der Waals surface area contributed by atoms with E-state index in [4.69, 9.17) is 21.1 Å². The number of amides is 1. The van der Waals surface area contributed by atoms with Gasteiger partial charge in [0.25, 0.3) is 0 Å². The molecule has 1 atom stereocenters. The number of carbonyl (C=O) groups is 1. The second kappa shape index (κ2) is 7.53. The van der Waals surface area contributed by atoms with Crippen LogP contribution in [0.5, 0.6) is 11.5 Å². The largest absolute Gasteiger partial charge is 0.454 e. The standard InChI is InChI=1S/C17H17ClN2O5S/c1-11(20-26(22,23)14-4-2-3-13(18)8-14)17(21)19-9-12-5-6-15-16(7-12)25-10-24-15/h2-8,11,20H,9-10H2,1H3,(H,19,21)/t11-/m0/s1. The zero-order chi connectivity index (χ0) is 18.7. The van der Waals surface area contributed by atoms with Crippen LogP contribution in [0.1, 0.15) is 12.5 Å². The highest BCUT2D eigenvalue weighted by molar-refractivity contribution is 7.89.